The minimum absolute atomic E-state index is 0.896. The molecule has 1 aromatic rings. The summed E-state index contributed by atoms with van der Waals surface area (Å²) >= 11 is 0. The predicted octanol–water partition coefficient (Wildman–Crippen LogP) is 1.09. The Morgan fingerprint density at radius 2 is 1.83 bits per heavy atom. The number of benzene rings is 1. The van der Waals surface area contributed by atoms with Crippen molar-refractivity contribution in [3.8, 4) is 0 Å². The molecule has 0 fully saturated rings. The standard InChI is InChI=1S/C8H9N3O/c12-11-7-6-10(9-11)8-4-2-1-3-5-8/h1-7,9,12H. The highest BCUT2D eigenvalue weighted by Crippen LogP contribution is 2.13. The Bertz CT molecular complexity index is 286. The number of hydrogen-bond acceptors (Lipinski definition) is 4. The Balaban J connectivity index is 2.18. The van der Waals surface area contributed by atoms with Gasteiger partial charge in [-0.05, 0) is 12.1 Å². The summed E-state index contributed by atoms with van der Waals surface area (Å²) in [6.07, 6.45) is 3.25. The Hall–Kier alpha value is -1.52. The predicted molar refractivity (Wildman–Crippen MR) is 44.8 cm³/mol. The summed E-state index contributed by atoms with van der Waals surface area (Å²) in [5.74, 6) is 0. The third-order valence-electron chi connectivity index (χ3n) is 1.60. The van der Waals surface area contributed by atoms with E-state index >= 15 is 0 Å². The highest BCUT2D eigenvalue weighted by molar-refractivity contribution is 5.47. The quantitative estimate of drug-likeness (QED) is 0.650. The van der Waals surface area contributed by atoms with E-state index in [1.165, 1.54) is 6.20 Å². The monoisotopic (exact) mass is 163 g/mol. The molecule has 12 heavy (non-hydrogen) atoms. The van der Waals surface area contributed by atoms with Crippen LogP contribution in [0, 0.1) is 0 Å². The average molecular weight is 163 g/mol. The van der Waals surface area contributed by atoms with Gasteiger partial charge in [-0.25, -0.2) is 0 Å². The lowest BCUT2D eigenvalue weighted by Crippen LogP contribution is -2.37. The molecule has 1 aromatic carbocycles. The molecular weight excluding hydrogens is 154 g/mol. The van der Waals surface area contributed by atoms with Crippen LogP contribution in [0.4, 0.5) is 5.69 Å². The van der Waals surface area contributed by atoms with Crippen LogP contribution in [0.2, 0.25) is 0 Å². The van der Waals surface area contributed by atoms with Gasteiger partial charge in [-0.3, -0.25) is 10.2 Å². The molecule has 2 rings (SSSR count). The zero-order chi connectivity index (χ0) is 8.39. The number of nitrogens with zero attached hydrogens (tertiary/aromatic N) is 2. The zero-order valence-corrected chi connectivity index (χ0v) is 6.38. The second kappa shape index (κ2) is 2.84. The molecule has 0 unspecified atom stereocenters. The van der Waals surface area contributed by atoms with Crippen molar-refractivity contribution in [2.24, 2.45) is 0 Å². The summed E-state index contributed by atoms with van der Waals surface area (Å²) in [7, 11) is 0. The maximum absolute atomic E-state index is 8.95. The van der Waals surface area contributed by atoms with Crippen LogP contribution in [0.1, 0.15) is 0 Å². The fourth-order valence-electron chi connectivity index (χ4n) is 1.04. The van der Waals surface area contributed by atoms with Crippen LogP contribution in [0.25, 0.3) is 0 Å². The van der Waals surface area contributed by atoms with Crippen LogP contribution >= 0.6 is 0 Å². The van der Waals surface area contributed by atoms with Crippen LogP contribution in [0.3, 0.4) is 0 Å². The molecule has 4 nitrogen and oxygen atoms in total. The molecule has 0 radical (unpaired) electrons. The molecule has 2 N–H and O–H groups in total. The van der Waals surface area contributed by atoms with Crippen molar-refractivity contribution in [3.05, 3.63) is 42.7 Å². The molecule has 0 spiro atoms. The highest BCUT2D eigenvalue weighted by atomic mass is 16.6. The number of hydrogen-bond donors (Lipinski definition) is 2. The maximum atomic E-state index is 8.95. The van der Waals surface area contributed by atoms with E-state index in [9.17, 15) is 0 Å². The van der Waals surface area contributed by atoms with E-state index in [0.717, 1.165) is 10.9 Å². The third-order valence-corrected chi connectivity index (χ3v) is 1.60. The van der Waals surface area contributed by atoms with Gasteiger partial charge < -0.3 is 0 Å². The van der Waals surface area contributed by atoms with E-state index in [4.69, 9.17) is 5.21 Å². The van der Waals surface area contributed by atoms with Gasteiger partial charge in [-0.15, -0.1) is 5.53 Å². The highest BCUT2D eigenvalue weighted by Gasteiger charge is 2.09. The Morgan fingerprint density at radius 1 is 1.08 bits per heavy atom. The van der Waals surface area contributed by atoms with Crippen molar-refractivity contribution in [2.45, 2.75) is 0 Å². The van der Waals surface area contributed by atoms with Crippen molar-refractivity contribution in [1.29, 1.82) is 0 Å². The van der Waals surface area contributed by atoms with E-state index in [0.29, 0.717) is 0 Å². The molecule has 0 atom stereocenters. The SMILES string of the molecule is ON1C=CN(c2ccccc2)N1. The molecule has 1 aliphatic rings. The first-order chi connectivity index (χ1) is 5.86. The fraction of sp³-hybridized carbons (Fsp3) is 0. The average Bonchev–Trinajstić information content (AvgIpc) is 2.54. The van der Waals surface area contributed by atoms with E-state index in [2.05, 4.69) is 5.53 Å². The lowest BCUT2D eigenvalue weighted by Gasteiger charge is -2.17. The van der Waals surface area contributed by atoms with Crippen molar-refractivity contribution in [1.82, 2.24) is 10.7 Å². The number of para-hydroxylation sites is 1. The molecule has 0 aliphatic carbocycles. The lowest BCUT2D eigenvalue weighted by atomic mass is 10.3. The first-order valence-corrected chi connectivity index (χ1v) is 3.63. The summed E-state index contributed by atoms with van der Waals surface area (Å²) in [5.41, 5.74) is 3.66. The smallest absolute Gasteiger partial charge is 0.0657 e. The van der Waals surface area contributed by atoms with Gasteiger partial charge in [0.05, 0.1) is 11.9 Å². The van der Waals surface area contributed by atoms with E-state index in [1.807, 2.05) is 30.3 Å². The zero-order valence-electron chi connectivity index (χ0n) is 6.38. The van der Waals surface area contributed by atoms with Gasteiger partial charge in [0.1, 0.15) is 0 Å². The summed E-state index contributed by atoms with van der Waals surface area (Å²) in [6.45, 7) is 0. The topological polar surface area (TPSA) is 38.7 Å². The summed E-state index contributed by atoms with van der Waals surface area (Å²) in [6, 6.07) is 9.70. The van der Waals surface area contributed by atoms with Crippen LogP contribution in [-0.4, -0.2) is 10.4 Å². The molecule has 0 aromatic heterocycles. The van der Waals surface area contributed by atoms with Gasteiger partial charge in [0, 0.05) is 6.20 Å². The number of hydrazine groups is 2. The van der Waals surface area contributed by atoms with Gasteiger partial charge in [-0.1, -0.05) is 18.2 Å². The number of rotatable bonds is 1. The van der Waals surface area contributed by atoms with Gasteiger partial charge in [0.2, 0.25) is 0 Å². The molecule has 0 saturated carbocycles. The van der Waals surface area contributed by atoms with Crippen LogP contribution in [0.15, 0.2) is 42.7 Å². The van der Waals surface area contributed by atoms with Gasteiger partial charge >= 0.3 is 0 Å². The molecule has 1 aliphatic heterocycles. The van der Waals surface area contributed by atoms with E-state index < -0.39 is 0 Å². The van der Waals surface area contributed by atoms with Gasteiger partial charge in [0.15, 0.2) is 0 Å². The van der Waals surface area contributed by atoms with Crippen LogP contribution in [-0.2, 0) is 0 Å². The molecule has 0 bridgehead atoms. The van der Waals surface area contributed by atoms with E-state index in [-0.39, 0.29) is 0 Å². The number of hydroxylamine groups is 1. The summed E-state index contributed by atoms with van der Waals surface area (Å²) in [5, 5.41) is 11.6. The van der Waals surface area contributed by atoms with Crippen molar-refractivity contribution in [3.63, 3.8) is 0 Å². The summed E-state index contributed by atoms with van der Waals surface area (Å²) in [4.78, 5) is 0. The lowest BCUT2D eigenvalue weighted by molar-refractivity contribution is -0.0791. The van der Waals surface area contributed by atoms with Crippen molar-refractivity contribution in [2.75, 3.05) is 5.01 Å². The molecule has 1 heterocycles. The largest absolute Gasteiger partial charge is 0.272 e. The second-order valence-electron chi connectivity index (χ2n) is 2.45. The minimum atomic E-state index is 0.896. The Kier molecular flexibility index (Phi) is 1.69. The normalized spacial score (nSPS) is 15.8. The van der Waals surface area contributed by atoms with Crippen LogP contribution < -0.4 is 10.5 Å². The van der Waals surface area contributed by atoms with Crippen molar-refractivity contribution < 1.29 is 5.21 Å². The molecule has 0 amide bonds. The van der Waals surface area contributed by atoms with E-state index in [1.54, 1.807) is 11.2 Å². The molecular formula is C8H9N3O. The number of nitrogens with one attached hydrogen (secondary N) is 1. The first-order valence-electron chi connectivity index (χ1n) is 3.63. The molecule has 62 valence electrons. The second-order valence-corrected chi connectivity index (χ2v) is 2.45. The maximum Gasteiger partial charge on any atom is 0.0657 e. The number of anilines is 1. The Morgan fingerprint density at radius 3 is 2.42 bits per heavy atom. The molecule has 4 heteroatoms. The summed E-state index contributed by atoms with van der Waals surface area (Å²) < 4.78 is 0. The van der Waals surface area contributed by atoms with Crippen molar-refractivity contribution >= 4 is 5.69 Å². The minimum Gasteiger partial charge on any atom is -0.272 e. The molecule has 0 saturated heterocycles. The third kappa shape index (κ3) is 1.25. The van der Waals surface area contributed by atoms with Gasteiger partial charge in [-0.2, -0.15) is 5.17 Å². The van der Waals surface area contributed by atoms with Gasteiger partial charge in [0.25, 0.3) is 0 Å². The van der Waals surface area contributed by atoms with Crippen LogP contribution in [0.5, 0.6) is 0 Å². The fourth-order valence-corrected chi connectivity index (χ4v) is 1.04. The first kappa shape index (κ1) is 7.15. The Labute approximate surface area is 70.2 Å².